The molecule has 3 rings (SSSR count). The molecule has 0 saturated heterocycles. The van der Waals surface area contributed by atoms with Gasteiger partial charge in [-0.05, 0) is 23.8 Å². The lowest BCUT2D eigenvalue weighted by Gasteiger charge is -2.07. The Kier molecular flexibility index (Phi) is 2.95. The molecule has 0 bridgehead atoms. The molecule has 100 valence electrons. The standard InChI is InChI=1S/C15H11NO4/c17-12-8-10-2-1-5-16-15(10)20-13-4-3-9(6-11(12)13)7-14(18)19/h1-6H,7-8H2,(H,18,19). The summed E-state index contributed by atoms with van der Waals surface area (Å²) in [5, 5.41) is 8.81. The molecule has 0 radical (unpaired) electrons. The Balaban J connectivity index is 2.04. The Bertz CT molecular complexity index is 709. The first-order valence-corrected chi connectivity index (χ1v) is 6.13. The van der Waals surface area contributed by atoms with Gasteiger partial charge in [-0.3, -0.25) is 9.59 Å². The van der Waals surface area contributed by atoms with E-state index in [-0.39, 0.29) is 18.6 Å². The summed E-state index contributed by atoms with van der Waals surface area (Å²) in [7, 11) is 0. The van der Waals surface area contributed by atoms with Crippen molar-refractivity contribution in [2.45, 2.75) is 12.8 Å². The Morgan fingerprint density at radius 3 is 3.00 bits per heavy atom. The number of carbonyl (C=O) groups excluding carboxylic acids is 1. The topological polar surface area (TPSA) is 76.5 Å². The lowest BCUT2D eigenvalue weighted by molar-refractivity contribution is -0.136. The van der Waals surface area contributed by atoms with Crippen LogP contribution in [-0.2, 0) is 17.6 Å². The van der Waals surface area contributed by atoms with Gasteiger partial charge in [0.05, 0.1) is 12.0 Å². The molecule has 0 unspecified atom stereocenters. The number of rotatable bonds is 2. The maximum Gasteiger partial charge on any atom is 0.307 e. The molecule has 1 aromatic carbocycles. The SMILES string of the molecule is O=C(O)Cc1ccc2c(c1)C(=O)Cc1cccnc1O2. The Morgan fingerprint density at radius 2 is 2.20 bits per heavy atom. The van der Waals surface area contributed by atoms with Gasteiger partial charge in [0, 0.05) is 18.2 Å². The van der Waals surface area contributed by atoms with E-state index in [9.17, 15) is 9.59 Å². The second-order valence-electron chi connectivity index (χ2n) is 4.57. The molecule has 0 saturated carbocycles. The molecule has 5 heteroatoms. The molecule has 20 heavy (non-hydrogen) atoms. The van der Waals surface area contributed by atoms with Crippen LogP contribution in [0.1, 0.15) is 21.5 Å². The largest absolute Gasteiger partial charge is 0.481 e. The highest BCUT2D eigenvalue weighted by atomic mass is 16.5. The van der Waals surface area contributed by atoms with E-state index in [0.717, 1.165) is 5.56 Å². The van der Waals surface area contributed by atoms with Crippen LogP contribution in [0.3, 0.4) is 0 Å². The van der Waals surface area contributed by atoms with Crippen molar-refractivity contribution in [3.63, 3.8) is 0 Å². The highest BCUT2D eigenvalue weighted by molar-refractivity contribution is 6.01. The number of aliphatic carboxylic acids is 1. The molecule has 0 amide bonds. The normalized spacial score (nSPS) is 12.9. The van der Waals surface area contributed by atoms with E-state index < -0.39 is 5.97 Å². The molecule has 1 aromatic heterocycles. The number of carboxylic acids is 1. The van der Waals surface area contributed by atoms with E-state index in [1.807, 2.05) is 0 Å². The number of pyridine rings is 1. The number of Topliss-reactive ketones (excluding diaryl/α,β-unsaturated/α-hetero) is 1. The molecule has 0 spiro atoms. The predicted octanol–water partition coefficient (Wildman–Crippen LogP) is 2.24. The van der Waals surface area contributed by atoms with Crippen molar-refractivity contribution in [3.8, 4) is 11.6 Å². The van der Waals surface area contributed by atoms with Crippen molar-refractivity contribution >= 4 is 11.8 Å². The summed E-state index contributed by atoms with van der Waals surface area (Å²) in [6.07, 6.45) is 1.69. The summed E-state index contributed by atoms with van der Waals surface area (Å²) in [4.78, 5) is 27.1. The number of fused-ring (bicyclic) bond motifs is 2. The zero-order valence-corrected chi connectivity index (χ0v) is 10.5. The Labute approximate surface area is 114 Å². The Hall–Kier alpha value is -2.69. The van der Waals surface area contributed by atoms with Crippen LogP contribution < -0.4 is 4.74 Å². The minimum absolute atomic E-state index is 0.0982. The van der Waals surface area contributed by atoms with Crippen molar-refractivity contribution in [2.24, 2.45) is 0 Å². The number of hydrogen-bond acceptors (Lipinski definition) is 4. The second kappa shape index (κ2) is 4.77. The third-order valence-electron chi connectivity index (χ3n) is 3.11. The second-order valence-corrected chi connectivity index (χ2v) is 4.57. The van der Waals surface area contributed by atoms with Gasteiger partial charge >= 0.3 is 5.97 Å². The predicted molar refractivity (Wildman–Crippen MR) is 70.1 cm³/mol. The van der Waals surface area contributed by atoms with Crippen molar-refractivity contribution in [1.29, 1.82) is 0 Å². The lowest BCUT2D eigenvalue weighted by atomic mass is 10.0. The average Bonchev–Trinajstić information content (AvgIpc) is 2.54. The van der Waals surface area contributed by atoms with E-state index in [1.165, 1.54) is 0 Å². The van der Waals surface area contributed by atoms with Gasteiger partial charge in [0.15, 0.2) is 5.78 Å². The molecule has 0 fully saturated rings. The first kappa shape index (κ1) is 12.3. The summed E-state index contributed by atoms with van der Waals surface area (Å²) >= 11 is 0. The molecule has 2 aromatic rings. The van der Waals surface area contributed by atoms with Crippen LogP contribution in [-0.4, -0.2) is 21.8 Å². The minimum atomic E-state index is -0.933. The van der Waals surface area contributed by atoms with Gasteiger partial charge in [-0.25, -0.2) is 4.98 Å². The quantitative estimate of drug-likeness (QED) is 0.904. The van der Waals surface area contributed by atoms with E-state index in [0.29, 0.717) is 22.8 Å². The molecule has 1 N–H and O–H groups in total. The molecule has 5 nitrogen and oxygen atoms in total. The maximum atomic E-state index is 12.3. The third-order valence-corrected chi connectivity index (χ3v) is 3.11. The fourth-order valence-corrected chi connectivity index (χ4v) is 2.19. The van der Waals surface area contributed by atoms with Crippen molar-refractivity contribution < 1.29 is 19.4 Å². The average molecular weight is 269 g/mol. The van der Waals surface area contributed by atoms with E-state index in [1.54, 1.807) is 36.5 Å². The highest BCUT2D eigenvalue weighted by Crippen LogP contribution is 2.32. The van der Waals surface area contributed by atoms with Gasteiger partial charge in [0.2, 0.25) is 5.88 Å². The number of carbonyl (C=O) groups is 2. The summed E-state index contributed by atoms with van der Waals surface area (Å²) in [6, 6.07) is 8.40. The number of nitrogens with zero attached hydrogens (tertiary/aromatic N) is 1. The summed E-state index contributed by atoms with van der Waals surface area (Å²) in [5.74, 6) is -0.192. The van der Waals surface area contributed by atoms with Crippen molar-refractivity contribution in [1.82, 2.24) is 4.98 Å². The van der Waals surface area contributed by atoms with E-state index in [2.05, 4.69) is 4.98 Å². The molecular weight excluding hydrogens is 258 g/mol. The third kappa shape index (κ3) is 2.25. The van der Waals surface area contributed by atoms with Crippen LogP contribution in [0.15, 0.2) is 36.5 Å². The number of aromatic nitrogens is 1. The van der Waals surface area contributed by atoms with E-state index >= 15 is 0 Å². The smallest absolute Gasteiger partial charge is 0.307 e. The monoisotopic (exact) mass is 269 g/mol. The number of ketones is 1. The zero-order chi connectivity index (χ0) is 14.1. The first-order chi connectivity index (χ1) is 9.63. The van der Waals surface area contributed by atoms with Gasteiger partial charge in [0.1, 0.15) is 5.75 Å². The fraction of sp³-hybridized carbons (Fsp3) is 0.133. The maximum absolute atomic E-state index is 12.3. The Morgan fingerprint density at radius 1 is 1.35 bits per heavy atom. The first-order valence-electron chi connectivity index (χ1n) is 6.13. The van der Waals surface area contributed by atoms with Crippen molar-refractivity contribution in [3.05, 3.63) is 53.2 Å². The highest BCUT2D eigenvalue weighted by Gasteiger charge is 2.22. The van der Waals surface area contributed by atoms with Gasteiger partial charge in [0.25, 0.3) is 0 Å². The lowest BCUT2D eigenvalue weighted by Crippen LogP contribution is -2.05. The van der Waals surface area contributed by atoms with E-state index in [4.69, 9.17) is 9.84 Å². The minimum Gasteiger partial charge on any atom is -0.481 e. The molecule has 2 heterocycles. The fourth-order valence-electron chi connectivity index (χ4n) is 2.19. The van der Waals surface area contributed by atoms with Crippen LogP contribution in [0.2, 0.25) is 0 Å². The van der Waals surface area contributed by atoms with Crippen LogP contribution in [0.4, 0.5) is 0 Å². The van der Waals surface area contributed by atoms with Crippen LogP contribution >= 0.6 is 0 Å². The van der Waals surface area contributed by atoms with Gasteiger partial charge < -0.3 is 9.84 Å². The molecular formula is C15H11NO4. The summed E-state index contributed by atoms with van der Waals surface area (Å²) in [5.41, 5.74) is 1.71. The van der Waals surface area contributed by atoms with Crippen LogP contribution in [0, 0.1) is 0 Å². The molecule has 0 aliphatic carbocycles. The number of benzene rings is 1. The molecule has 1 aliphatic rings. The molecule has 1 aliphatic heterocycles. The molecule has 0 atom stereocenters. The number of ether oxygens (including phenoxy) is 1. The zero-order valence-electron chi connectivity index (χ0n) is 10.5. The van der Waals surface area contributed by atoms with Crippen LogP contribution in [0.5, 0.6) is 11.6 Å². The van der Waals surface area contributed by atoms with Crippen molar-refractivity contribution in [2.75, 3.05) is 0 Å². The number of hydrogen-bond donors (Lipinski definition) is 1. The number of carboxylic acid groups (broad SMARTS) is 1. The van der Waals surface area contributed by atoms with Crippen LogP contribution in [0.25, 0.3) is 0 Å². The van der Waals surface area contributed by atoms with Gasteiger partial charge in [-0.1, -0.05) is 12.1 Å². The summed E-state index contributed by atoms with van der Waals surface area (Å²) < 4.78 is 5.65. The summed E-state index contributed by atoms with van der Waals surface area (Å²) in [6.45, 7) is 0. The van der Waals surface area contributed by atoms with Gasteiger partial charge in [-0.15, -0.1) is 0 Å². The van der Waals surface area contributed by atoms with Gasteiger partial charge in [-0.2, -0.15) is 0 Å².